The van der Waals surface area contributed by atoms with Crippen LogP contribution in [0.25, 0.3) is 44.2 Å². The minimum atomic E-state index is -0.0889. The molecule has 4 heteroatoms. The Labute approximate surface area is 530 Å². The first-order chi connectivity index (χ1) is 44.4. The second-order valence-corrected chi connectivity index (χ2v) is 24.1. The molecule has 0 amide bonds. The summed E-state index contributed by atoms with van der Waals surface area (Å²) in [6.45, 7) is 9.43. The monoisotopic (exact) mass is 1160 g/mol. The lowest BCUT2D eigenvalue weighted by Crippen LogP contribution is -2.23. The molecule has 0 atom stereocenters. The van der Waals surface area contributed by atoms with E-state index in [2.05, 4.69) is 363 Å². The summed E-state index contributed by atoms with van der Waals surface area (Å²) in [6.07, 6.45) is 4.08. The van der Waals surface area contributed by atoms with Gasteiger partial charge in [-0.05, 0) is 226 Å². The number of benzene rings is 13. The molecule has 436 valence electrons. The van der Waals surface area contributed by atoms with Crippen LogP contribution >= 0.6 is 0 Å². The highest BCUT2D eigenvalue weighted by Gasteiger charge is 2.42. The summed E-state index contributed by atoms with van der Waals surface area (Å²) in [5.41, 5.74) is 26.5. The number of anilines is 12. The van der Waals surface area contributed by atoms with Crippen LogP contribution < -0.4 is 19.6 Å². The smallest absolute Gasteiger partial charge is 0.0540 e. The number of rotatable bonds is 17. The molecule has 0 N–H and O–H groups in total. The maximum atomic E-state index is 2.50. The van der Waals surface area contributed by atoms with E-state index in [0.29, 0.717) is 0 Å². The van der Waals surface area contributed by atoms with E-state index in [4.69, 9.17) is 0 Å². The van der Waals surface area contributed by atoms with E-state index in [1.54, 1.807) is 0 Å². The first-order valence-electron chi connectivity index (χ1n) is 32.2. The van der Waals surface area contributed by atoms with Crippen LogP contribution in [0.4, 0.5) is 68.2 Å². The molecular formula is C86H72N4. The van der Waals surface area contributed by atoms with Gasteiger partial charge in [-0.3, -0.25) is 0 Å². The van der Waals surface area contributed by atoms with Gasteiger partial charge in [-0.15, -0.1) is 0 Å². The number of hydrogen-bond acceptors (Lipinski definition) is 4. The third-order valence-corrected chi connectivity index (χ3v) is 19.8. The predicted octanol–water partition coefficient (Wildman–Crippen LogP) is 24.6. The summed E-state index contributed by atoms with van der Waals surface area (Å²) in [7, 11) is 0. The average Bonchev–Trinajstić information content (AvgIpc) is 1.64. The third-order valence-electron chi connectivity index (χ3n) is 19.8. The van der Waals surface area contributed by atoms with Gasteiger partial charge >= 0.3 is 0 Å². The van der Waals surface area contributed by atoms with Crippen molar-refractivity contribution in [3.63, 3.8) is 0 Å². The maximum absolute atomic E-state index is 2.50. The number of fused-ring (bicyclic) bond motifs is 7. The van der Waals surface area contributed by atoms with Crippen molar-refractivity contribution in [1.82, 2.24) is 0 Å². The van der Waals surface area contributed by atoms with Gasteiger partial charge in [0.05, 0.1) is 5.69 Å². The van der Waals surface area contributed by atoms with Gasteiger partial charge in [0, 0.05) is 78.8 Å². The van der Waals surface area contributed by atoms with E-state index < -0.39 is 0 Å². The van der Waals surface area contributed by atoms with Crippen molar-refractivity contribution in [1.29, 1.82) is 0 Å². The second kappa shape index (κ2) is 23.4. The molecule has 2 aliphatic carbocycles. The van der Waals surface area contributed by atoms with Gasteiger partial charge in [0.25, 0.3) is 0 Å². The van der Waals surface area contributed by atoms with Crippen LogP contribution in [0.3, 0.4) is 0 Å². The van der Waals surface area contributed by atoms with Crippen molar-refractivity contribution in [3.8, 4) is 33.4 Å². The zero-order valence-corrected chi connectivity index (χ0v) is 51.6. The van der Waals surface area contributed by atoms with Gasteiger partial charge in [-0.25, -0.2) is 0 Å². The number of hydrogen-bond donors (Lipinski definition) is 0. The maximum Gasteiger partial charge on any atom is 0.0540 e. The van der Waals surface area contributed by atoms with Crippen LogP contribution in [-0.2, 0) is 10.8 Å². The fraction of sp³-hybridized carbons (Fsp3) is 0.116. The van der Waals surface area contributed by atoms with Crippen LogP contribution in [-0.4, -0.2) is 0 Å². The number of para-hydroxylation sites is 4. The summed E-state index contributed by atoms with van der Waals surface area (Å²) in [5.74, 6) is 0. The molecule has 4 nitrogen and oxygen atoms in total. The second-order valence-electron chi connectivity index (χ2n) is 24.1. The van der Waals surface area contributed by atoms with Crippen molar-refractivity contribution in [3.05, 3.63) is 338 Å². The summed E-state index contributed by atoms with van der Waals surface area (Å²) in [6, 6.07) is 117. The Morgan fingerprint density at radius 3 is 0.911 bits per heavy atom. The largest absolute Gasteiger partial charge is 0.311 e. The summed E-state index contributed by atoms with van der Waals surface area (Å²) >= 11 is 0. The van der Waals surface area contributed by atoms with Crippen molar-refractivity contribution in [2.45, 2.75) is 64.2 Å². The highest BCUT2D eigenvalue weighted by molar-refractivity contribution is 6.06. The fourth-order valence-electron chi connectivity index (χ4n) is 15.3. The number of nitrogens with zero attached hydrogens (tertiary/aromatic N) is 4. The molecule has 2 aliphatic rings. The zero-order valence-electron chi connectivity index (χ0n) is 51.6. The molecule has 0 radical (unpaired) electrons. The molecule has 0 fully saturated rings. The molecule has 0 unspecified atom stereocenters. The molecule has 13 aromatic carbocycles. The van der Waals surface area contributed by atoms with E-state index in [0.717, 1.165) is 99.5 Å². The molecule has 0 saturated heterocycles. The standard InChI is InChI=1S/C86H72N4/c1-5-85(6-2)80-40-23-21-35-75(80)77-57-55-71(59-82(77)85)89(69-49-47-67(48-50-69)87(62-27-13-9-14-28-62)63-29-15-10-16-30-63)66-45-43-61(44-46-66)73-37-25-39-79-74(73)38-26-42-84(79)90(72-56-58-78-76-36-22-24-41-81(76)86(7-3,8-4)83(78)60-72)70-53-51-68(52-54-70)88(64-31-17-11-18-32-64)65-33-19-12-20-34-65/h9-60H,5-8H2,1-4H3. The molecular weight excluding hydrogens is 1090 g/mol. The Morgan fingerprint density at radius 1 is 0.211 bits per heavy atom. The molecule has 0 heterocycles. The van der Waals surface area contributed by atoms with E-state index in [1.165, 1.54) is 60.8 Å². The van der Waals surface area contributed by atoms with E-state index in [9.17, 15) is 0 Å². The molecule has 0 spiro atoms. The lowest BCUT2D eigenvalue weighted by atomic mass is 9.74. The van der Waals surface area contributed by atoms with Gasteiger partial charge < -0.3 is 19.6 Å². The van der Waals surface area contributed by atoms with E-state index in [1.807, 2.05) is 0 Å². The Hall–Kier alpha value is -10.7. The Balaban J connectivity index is 0.848. The molecule has 13 aromatic rings. The normalized spacial score (nSPS) is 13.0. The van der Waals surface area contributed by atoms with E-state index in [-0.39, 0.29) is 10.8 Å². The minimum absolute atomic E-state index is 0.0760. The summed E-state index contributed by atoms with van der Waals surface area (Å²) in [4.78, 5) is 9.61. The lowest BCUT2D eigenvalue weighted by Gasteiger charge is -2.32. The molecule has 0 aliphatic heterocycles. The first kappa shape index (κ1) is 55.9. The zero-order chi connectivity index (χ0) is 60.8. The van der Waals surface area contributed by atoms with Gasteiger partial charge in [0.2, 0.25) is 0 Å². The van der Waals surface area contributed by atoms with Crippen LogP contribution in [0.15, 0.2) is 315 Å². The highest BCUT2D eigenvalue weighted by Crippen LogP contribution is 2.57. The predicted molar refractivity (Wildman–Crippen MR) is 382 cm³/mol. The Morgan fingerprint density at radius 2 is 0.500 bits per heavy atom. The topological polar surface area (TPSA) is 13.0 Å². The van der Waals surface area contributed by atoms with Crippen LogP contribution in [0.5, 0.6) is 0 Å². The van der Waals surface area contributed by atoms with Gasteiger partial charge in [0.1, 0.15) is 0 Å². The van der Waals surface area contributed by atoms with Crippen LogP contribution in [0, 0.1) is 0 Å². The summed E-state index contributed by atoms with van der Waals surface area (Å²) in [5, 5.41) is 2.37. The first-order valence-corrected chi connectivity index (χ1v) is 32.2. The molecule has 0 saturated carbocycles. The van der Waals surface area contributed by atoms with Crippen molar-refractivity contribution in [2.24, 2.45) is 0 Å². The van der Waals surface area contributed by atoms with Gasteiger partial charge in [-0.1, -0.05) is 204 Å². The SMILES string of the molecule is CCC1(CC)c2ccccc2-c2ccc(N(c3ccc(-c4cccc5c(N(c6ccc(N(c7ccccc7)c7ccccc7)cc6)c6ccc7c(c6)C(CC)(CC)c6ccccc6-7)cccc45)cc3)c3ccc(N(c4ccccc4)c4ccccc4)cc3)cc21. The lowest BCUT2D eigenvalue weighted by molar-refractivity contribution is 0.490. The molecule has 0 bridgehead atoms. The van der Waals surface area contributed by atoms with Crippen molar-refractivity contribution in [2.75, 3.05) is 19.6 Å². The van der Waals surface area contributed by atoms with Crippen LogP contribution in [0.2, 0.25) is 0 Å². The van der Waals surface area contributed by atoms with E-state index >= 15 is 0 Å². The molecule has 0 aromatic heterocycles. The molecule has 90 heavy (non-hydrogen) atoms. The van der Waals surface area contributed by atoms with Gasteiger partial charge in [-0.2, -0.15) is 0 Å². The minimum Gasteiger partial charge on any atom is -0.311 e. The quantitative estimate of drug-likeness (QED) is 0.0901. The fourth-order valence-corrected chi connectivity index (χ4v) is 15.3. The Bertz CT molecular complexity index is 4610. The highest BCUT2D eigenvalue weighted by atomic mass is 15.2. The average molecular weight is 1160 g/mol. The van der Waals surface area contributed by atoms with Crippen molar-refractivity contribution < 1.29 is 0 Å². The van der Waals surface area contributed by atoms with Crippen molar-refractivity contribution >= 4 is 79.0 Å². The third kappa shape index (κ3) is 9.36. The Kier molecular flexibility index (Phi) is 14.6. The molecule has 15 rings (SSSR count). The van der Waals surface area contributed by atoms with Crippen LogP contribution in [0.1, 0.15) is 75.6 Å². The summed E-state index contributed by atoms with van der Waals surface area (Å²) < 4.78 is 0. The van der Waals surface area contributed by atoms with Gasteiger partial charge in [0.15, 0.2) is 0 Å².